The van der Waals surface area contributed by atoms with Gasteiger partial charge in [0, 0.05) is 0 Å². The van der Waals surface area contributed by atoms with E-state index in [1.54, 1.807) is 11.8 Å². The minimum atomic E-state index is 0.819. The molecular weight excluding hydrogens is 82.1 g/mol. The van der Waals surface area contributed by atoms with E-state index in [9.17, 15) is 0 Å². The Kier molecular flexibility index (Phi) is 4.04. The molecule has 0 saturated heterocycles. The summed E-state index contributed by atoms with van der Waals surface area (Å²) in [5, 5.41) is 0. The molecule has 0 aromatic rings. The summed E-state index contributed by atoms with van der Waals surface area (Å²) in [5.41, 5.74) is 0. The molecule has 0 aliphatic heterocycles. The number of hydrogen-bond acceptors (Lipinski definition) is 2. The predicted octanol–water partition coefficient (Wildman–Crippen LogP) is 1.01. The zero-order chi connectivity index (χ0) is 4.12. The van der Waals surface area contributed by atoms with Gasteiger partial charge in [0.05, 0.1) is 5.88 Å². The molecule has 1 nitrogen and oxygen atoms in total. The largest absolute Gasteiger partial charge is 0.290 e. The third kappa shape index (κ3) is 4.02. The van der Waals surface area contributed by atoms with E-state index >= 15 is 0 Å². The van der Waals surface area contributed by atoms with Gasteiger partial charge in [-0.15, -0.1) is 11.8 Å². The lowest BCUT2D eigenvalue weighted by molar-refractivity contribution is 1.42. The molecule has 0 amide bonds. The molecule has 0 N–H and O–H groups in total. The Morgan fingerprint density at radius 2 is 2.60 bits per heavy atom. The summed E-state index contributed by atoms with van der Waals surface area (Å²) in [6.45, 7) is 3.28. The molecule has 30 valence electrons. The van der Waals surface area contributed by atoms with Gasteiger partial charge in [-0.25, -0.2) is 0 Å². The third-order valence-corrected chi connectivity index (χ3v) is 0.661. The van der Waals surface area contributed by atoms with E-state index in [0.29, 0.717) is 0 Å². The quantitative estimate of drug-likeness (QED) is 0.460. The fourth-order valence-electron chi connectivity index (χ4n) is 0.0913. The predicted molar refractivity (Wildman–Crippen MR) is 27.9 cm³/mol. The number of rotatable bonds is 2. The van der Waals surface area contributed by atoms with Crippen molar-refractivity contribution in [1.29, 1.82) is 0 Å². The van der Waals surface area contributed by atoms with Crippen molar-refractivity contribution in [2.75, 3.05) is 12.1 Å². The van der Waals surface area contributed by atoms with Gasteiger partial charge in [0.15, 0.2) is 0 Å². The summed E-state index contributed by atoms with van der Waals surface area (Å²) in [4.78, 5) is 3.57. The van der Waals surface area contributed by atoms with Crippen LogP contribution in [0.2, 0.25) is 0 Å². The maximum atomic E-state index is 3.57. The highest BCUT2D eigenvalue weighted by Crippen LogP contribution is 1.86. The third-order valence-electron chi connectivity index (χ3n) is 0.220. The molecule has 0 atom stereocenters. The van der Waals surface area contributed by atoms with Crippen molar-refractivity contribution >= 4 is 18.5 Å². The second kappa shape index (κ2) is 4.02. The lowest BCUT2D eigenvalue weighted by atomic mass is 11.4. The summed E-state index contributed by atoms with van der Waals surface area (Å²) in [7, 11) is 0. The van der Waals surface area contributed by atoms with Crippen LogP contribution in [0, 0.1) is 0 Å². The lowest BCUT2D eigenvalue weighted by Crippen LogP contribution is -1.59. The van der Waals surface area contributed by atoms with Crippen molar-refractivity contribution in [3.05, 3.63) is 0 Å². The molecule has 0 fully saturated rings. The van der Waals surface area contributed by atoms with E-state index in [1.807, 2.05) is 6.26 Å². The molecular formula is C3H7NS. The molecule has 0 radical (unpaired) electrons. The SMILES string of the molecule is C=NCSC. The standard InChI is InChI=1S/C3H7NS/c1-4-3-5-2/h1,3H2,2H3. The Morgan fingerprint density at radius 3 is 2.60 bits per heavy atom. The topological polar surface area (TPSA) is 12.4 Å². The van der Waals surface area contributed by atoms with Crippen molar-refractivity contribution in [2.24, 2.45) is 4.99 Å². The van der Waals surface area contributed by atoms with Crippen molar-refractivity contribution in [1.82, 2.24) is 0 Å². The van der Waals surface area contributed by atoms with Gasteiger partial charge in [-0.05, 0) is 13.0 Å². The smallest absolute Gasteiger partial charge is 0.0833 e. The van der Waals surface area contributed by atoms with Crippen LogP contribution in [0.3, 0.4) is 0 Å². The zero-order valence-electron chi connectivity index (χ0n) is 3.27. The van der Waals surface area contributed by atoms with Crippen LogP contribution in [-0.4, -0.2) is 18.9 Å². The molecule has 0 spiro atoms. The van der Waals surface area contributed by atoms with Gasteiger partial charge in [0.25, 0.3) is 0 Å². The van der Waals surface area contributed by atoms with Crippen LogP contribution < -0.4 is 0 Å². The van der Waals surface area contributed by atoms with Crippen molar-refractivity contribution in [3.8, 4) is 0 Å². The van der Waals surface area contributed by atoms with E-state index in [0.717, 1.165) is 5.88 Å². The minimum Gasteiger partial charge on any atom is -0.290 e. The summed E-state index contributed by atoms with van der Waals surface area (Å²) in [6, 6.07) is 0. The minimum absolute atomic E-state index is 0.819. The Morgan fingerprint density at radius 1 is 2.00 bits per heavy atom. The number of hydrogen-bond donors (Lipinski definition) is 0. The highest BCUT2D eigenvalue weighted by Gasteiger charge is 1.60. The fraction of sp³-hybridized carbons (Fsp3) is 0.667. The number of thioether (sulfide) groups is 1. The summed E-state index contributed by atoms with van der Waals surface area (Å²) in [6.07, 6.45) is 1.99. The van der Waals surface area contributed by atoms with E-state index in [1.165, 1.54) is 0 Å². The Labute approximate surface area is 36.5 Å². The monoisotopic (exact) mass is 89.0 g/mol. The maximum absolute atomic E-state index is 3.57. The van der Waals surface area contributed by atoms with Gasteiger partial charge >= 0.3 is 0 Å². The first-order chi connectivity index (χ1) is 2.41. The first kappa shape index (κ1) is 5.02. The first-order valence-corrected chi connectivity index (χ1v) is 2.72. The number of aliphatic imine (C=N–C) groups is 1. The zero-order valence-corrected chi connectivity index (χ0v) is 4.09. The molecule has 0 aliphatic carbocycles. The van der Waals surface area contributed by atoms with E-state index in [4.69, 9.17) is 0 Å². The molecule has 5 heavy (non-hydrogen) atoms. The summed E-state index contributed by atoms with van der Waals surface area (Å²) >= 11 is 1.67. The van der Waals surface area contributed by atoms with Gasteiger partial charge < -0.3 is 0 Å². The van der Waals surface area contributed by atoms with Crippen LogP contribution in [0.15, 0.2) is 4.99 Å². The van der Waals surface area contributed by atoms with Gasteiger partial charge in [0.1, 0.15) is 0 Å². The lowest BCUT2D eigenvalue weighted by Gasteiger charge is -1.75. The van der Waals surface area contributed by atoms with Crippen LogP contribution in [0.1, 0.15) is 0 Å². The highest BCUT2D eigenvalue weighted by atomic mass is 32.2. The normalized spacial score (nSPS) is 7.40. The second-order valence-electron chi connectivity index (χ2n) is 0.641. The summed E-state index contributed by atoms with van der Waals surface area (Å²) < 4.78 is 0. The Balaban J connectivity index is 2.40. The molecule has 2 heteroatoms. The van der Waals surface area contributed by atoms with Crippen molar-refractivity contribution in [2.45, 2.75) is 0 Å². The van der Waals surface area contributed by atoms with E-state index < -0.39 is 0 Å². The van der Waals surface area contributed by atoms with Crippen LogP contribution in [-0.2, 0) is 0 Å². The molecule has 0 bridgehead atoms. The van der Waals surface area contributed by atoms with Crippen LogP contribution in [0.5, 0.6) is 0 Å². The average molecular weight is 89.2 g/mol. The highest BCUT2D eigenvalue weighted by molar-refractivity contribution is 7.98. The Hall–Kier alpha value is 0.0200. The molecule has 0 rings (SSSR count). The molecule has 0 aromatic carbocycles. The van der Waals surface area contributed by atoms with Gasteiger partial charge in [-0.3, -0.25) is 4.99 Å². The summed E-state index contributed by atoms with van der Waals surface area (Å²) in [5.74, 6) is 0.819. The number of nitrogens with zero attached hydrogens (tertiary/aromatic N) is 1. The first-order valence-electron chi connectivity index (χ1n) is 1.33. The van der Waals surface area contributed by atoms with Crippen LogP contribution >= 0.6 is 11.8 Å². The van der Waals surface area contributed by atoms with Crippen molar-refractivity contribution < 1.29 is 0 Å². The molecule has 0 aliphatic rings. The van der Waals surface area contributed by atoms with Gasteiger partial charge in [-0.1, -0.05) is 0 Å². The van der Waals surface area contributed by atoms with E-state index in [-0.39, 0.29) is 0 Å². The fourth-order valence-corrected chi connectivity index (χ4v) is 0.274. The second-order valence-corrected chi connectivity index (χ2v) is 1.48. The van der Waals surface area contributed by atoms with Crippen LogP contribution in [0.4, 0.5) is 0 Å². The van der Waals surface area contributed by atoms with E-state index in [2.05, 4.69) is 11.7 Å². The van der Waals surface area contributed by atoms with Gasteiger partial charge in [0.2, 0.25) is 0 Å². The maximum Gasteiger partial charge on any atom is 0.0833 e. The average Bonchev–Trinajstić information content (AvgIpc) is 1.41. The van der Waals surface area contributed by atoms with Gasteiger partial charge in [-0.2, -0.15) is 0 Å². The molecule has 0 aromatic heterocycles. The van der Waals surface area contributed by atoms with Crippen molar-refractivity contribution in [3.63, 3.8) is 0 Å². The Bertz CT molecular complexity index is 28.1. The van der Waals surface area contributed by atoms with Crippen LogP contribution in [0.25, 0.3) is 0 Å². The molecule has 0 unspecified atom stereocenters. The molecule has 0 heterocycles. The molecule has 0 saturated carbocycles.